The Morgan fingerprint density at radius 3 is 2.71 bits per heavy atom. The summed E-state index contributed by atoms with van der Waals surface area (Å²) in [5.74, 6) is 0. The lowest BCUT2D eigenvalue weighted by Gasteiger charge is -2.02. The van der Waals surface area contributed by atoms with E-state index < -0.39 is 0 Å². The van der Waals surface area contributed by atoms with Gasteiger partial charge in [0, 0.05) is 22.0 Å². The first-order chi connectivity index (χ1) is 10.3. The average Bonchev–Trinajstić information content (AvgIpc) is 2.89. The minimum absolute atomic E-state index is 0.764. The molecule has 4 aromatic rings. The van der Waals surface area contributed by atoms with Gasteiger partial charge in [0.2, 0.25) is 0 Å². The van der Waals surface area contributed by atoms with Crippen molar-refractivity contribution in [2.24, 2.45) is 0 Å². The zero-order valence-corrected chi connectivity index (χ0v) is 12.0. The highest BCUT2D eigenvalue weighted by atomic mass is 32.2. The Morgan fingerprint density at radius 2 is 1.81 bits per heavy atom. The minimum atomic E-state index is 0.764. The molecule has 4 rings (SSSR count). The highest BCUT2D eigenvalue weighted by molar-refractivity contribution is 7.99. The number of pyridine rings is 1. The number of nitrogens with one attached hydrogen (secondary N) is 1. The molecule has 0 unspecified atom stereocenters. The van der Waals surface area contributed by atoms with Crippen molar-refractivity contribution in [3.63, 3.8) is 0 Å². The highest BCUT2D eigenvalue weighted by Gasteiger charge is 2.04. The molecular formula is C17H13N3S. The number of fused-ring (bicyclic) bond motifs is 2. The summed E-state index contributed by atoms with van der Waals surface area (Å²) in [5, 5.41) is 4.35. The van der Waals surface area contributed by atoms with Gasteiger partial charge in [-0.05, 0) is 36.4 Å². The number of nitrogens with two attached hydrogens (primary N) is 1. The molecule has 0 bridgehead atoms. The Balaban J connectivity index is 1.71. The van der Waals surface area contributed by atoms with Crippen molar-refractivity contribution < 1.29 is 0 Å². The van der Waals surface area contributed by atoms with Crippen molar-refractivity contribution in [2.45, 2.75) is 10.1 Å². The van der Waals surface area contributed by atoms with E-state index in [1.807, 2.05) is 36.4 Å². The maximum Gasteiger partial charge on any atom is 0.103 e. The van der Waals surface area contributed by atoms with E-state index in [1.165, 1.54) is 5.39 Å². The van der Waals surface area contributed by atoms with E-state index in [0.717, 1.165) is 32.2 Å². The zero-order chi connectivity index (χ0) is 14.2. The Kier molecular flexibility index (Phi) is 2.82. The van der Waals surface area contributed by atoms with E-state index in [4.69, 9.17) is 5.73 Å². The molecule has 0 aliphatic carbocycles. The van der Waals surface area contributed by atoms with Crippen LogP contribution in [0.25, 0.3) is 21.8 Å². The summed E-state index contributed by atoms with van der Waals surface area (Å²) in [6, 6.07) is 20.3. The van der Waals surface area contributed by atoms with Gasteiger partial charge in [-0.25, -0.2) is 4.98 Å². The molecule has 3 N–H and O–H groups in total. The third-order valence-corrected chi connectivity index (χ3v) is 4.28. The first kappa shape index (κ1) is 12.3. The molecule has 0 saturated heterocycles. The zero-order valence-electron chi connectivity index (χ0n) is 11.2. The number of hydrogen-bond donors (Lipinski definition) is 2. The smallest absolute Gasteiger partial charge is 0.103 e. The van der Waals surface area contributed by atoms with Gasteiger partial charge in [-0.2, -0.15) is 0 Å². The number of aromatic nitrogens is 2. The van der Waals surface area contributed by atoms with Crippen LogP contribution in [0.2, 0.25) is 0 Å². The summed E-state index contributed by atoms with van der Waals surface area (Å²) in [4.78, 5) is 8.07. The molecule has 2 aromatic heterocycles. The second kappa shape index (κ2) is 4.82. The molecular weight excluding hydrogens is 278 g/mol. The second-order valence-corrected chi connectivity index (χ2v) is 5.99. The predicted octanol–water partition coefficient (Wildman–Crippen LogP) is 4.45. The van der Waals surface area contributed by atoms with Crippen molar-refractivity contribution in [2.75, 3.05) is 5.73 Å². The number of nitrogen functional groups attached to an aromatic ring is 1. The molecule has 0 saturated carbocycles. The normalized spacial score (nSPS) is 11.2. The van der Waals surface area contributed by atoms with Gasteiger partial charge in [0.05, 0.1) is 10.5 Å². The van der Waals surface area contributed by atoms with Crippen LogP contribution in [0.3, 0.4) is 0 Å². The number of H-pyrrole nitrogens is 1. The summed E-state index contributed by atoms with van der Waals surface area (Å²) >= 11 is 1.63. The van der Waals surface area contributed by atoms with Gasteiger partial charge in [0.1, 0.15) is 5.03 Å². The standard InChI is InChI=1S/C17H13N3S/c18-13-6-7-15-12(9-13)5-8-16(19-15)21-17-10-11-3-1-2-4-14(11)20-17/h1-10,20H,18H2. The third kappa shape index (κ3) is 2.34. The molecule has 102 valence electrons. The number of rotatable bonds is 2. The van der Waals surface area contributed by atoms with Crippen LogP contribution in [-0.2, 0) is 0 Å². The maximum atomic E-state index is 5.79. The second-order valence-electron chi connectivity index (χ2n) is 4.92. The topological polar surface area (TPSA) is 54.7 Å². The Bertz CT molecular complexity index is 910. The van der Waals surface area contributed by atoms with Crippen molar-refractivity contribution in [1.29, 1.82) is 0 Å². The van der Waals surface area contributed by atoms with Gasteiger partial charge in [-0.15, -0.1) is 0 Å². The van der Waals surface area contributed by atoms with Crippen LogP contribution >= 0.6 is 11.8 Å². The first-order valence-electron chi connectivity index (χ1n) is 6.70. The van der Waals surface area contributed by atoms with E-state index in [0.29, 0.717) is 0 Å². The lowest BCUT2D eigenvalue weighted by Crippen LogP contribution is -1.87. The largest absolute Gasteiger partial charge is 0.399 e. The molecule has 4 heteroatoms. The Morgan fingerprint density at radius 1 is 0.905 bits per heavy atom. The number of para-hydroxylation sites is 1. The molecule has 0 spiro atoms. The summed E-state index contributed by atoms with van der Waals surface area (Å²) in [6.07, 6.45) is 0. The van der Waals surface area contributed by atoms with Crippen molar-refractivity contribution >= 4 is 39.3 Å². The fourth-order valence-corrected chi connectivity index (χ4v) is 3.25. The van der Waals surface area contributed by atoms with Crippen LogP contribution in [0, 0.1) is 0 Å². The van der Waals surface area contributed by atoms with E-state index in [1.54, 1.807) is 11.8 Å². The lowest BCUT2D eigenvalue weighted by molar-refractivity contribution is 1.16. The monoisotopic (exact) mass is 291 g/mol. The number of anilines is 1. The first-order valence-corrected chi connectivity index (χ1v) is 7.51. The quantitative estimate of drug-likeness (QED) is 0.536. The highest BCUT2D eigenvalue weighted by Crippen LogP contribution is 2.30. The van der Waals surface area contributed by atoms with Crippen LogP contribution in [0.15, 0.2) is 70.7 Å². The fourth-order valence-electron chi connectivity index (χ4n) is 2.40. The van der Waals surface area contributed by atoms with Crippen LogP contribution in [0.4, 0.5) is 5.69 Å². The van der Waals surface area contributed by atoms with Gasteiger partial charge in [0.25, 0.3) is 0 Å². The SMILES string of the molecule is Nc1ccc2nc(Sc3cc4ccccc4[nH]3)ccc2c1. The van der Waals surface area contributed by atoms with E-state index in [-0.39, 0.29) is 0 Å². The van der Waals surface area contributed by atoms with Crippen LogP contribution < -0.4 is 5.73 Å². The summed E-state index contributed by atoms with van der Waals surface area (Å²) in [5.41, 5.74) is 8.66. The number of aromatic amines is 1. The molecule has 0 radical (unpaired) electrons. The van der Waals surface area contributed by atoms with Gasteiger partial charge in [-0.3, -0.25) is 0 Å². The molecule has 21 heavy (non-hydrogen) atoms. The molecule has 0 amide bonds. The third-order valence-electron chi connectivity index (χ3n) is 3.41. The lowest BCUT2D eigenvalue weighted by atomic mass is 10.2. The molecule has 0 aliphatic heterocycles. The summed E-state index contributed by atoms with van der Waals surface area (Å²) < 4.78 is 0. The molecule has 2 heterocycles. The van der Waals surface area contributed by atoms with E-state index >= 15 is 0 Å². The molecule has 3 nitrogen and oxygen atoms in total. The van der Waals surface area contributed by atoms with Crippen LogP contribution in [0.1, 0.15) is 0 Å². The van der Waals surface area contributed by atoms with Gasteiger partial charge in [0.15, 0.2) is 0 Å². The van der Waals surface area contributed by atoms with Gasteiger partial charge in [-0.1, -0.05) is 36.0 Å². The molecule has 0 atom stereocenters. The number of benzene rings is 2. The predicted molar refractivity (Wildman–Crippen MR) is 88.6 cm³/mol. The Hall–Kier alpha value is -2.46. The van der Waals surface area contributed by atoms with E-state index in [2.05, 4.69) is 34.2 Å². The van der Waals surface area contributed by atoms with Gasteiger partial charge < -0.3 is 10.7 Å². The molecule has 0 aliphatic rings. The van der Waals surface area contributed by atoms with Crippen LogP contribution in [-0.4, -0.2) is 9.97 Å². The number of hydrogen-bond acceptors (Lipinski definition) is 3. The maximum absolute atomic E-state index is 5.79. The minimum Gasteiger partial charge on any atom is -0.399 e. The van der Waals surface area contributed by atoms with Crippen molar-refractivity contribution in [3.05, 3.63) is 60.7 Å². The van der Waals surface area contributed by atoms with Crippen molar-refractivity contribution in [1.82, 2.24) is 9.97 Å². The number of nitrogens with zero attached hydrogens (tertiary/aromatic N) is 1. The molecule has 0 fully saturated rings. The van der Waals surface area contributed by atoms with Crippen LogP contribution in [0.5, 0.6) is 0 Å². The molecule has 2 aromatic carbocycles. The van der Waals surface area contributed by atoms with Gasteiger partial charge >= 0.3 is 0 Å². The Labute approximate surface area is 126 Å². The summed E-state index contributed by atoms with van der Waals surface area (Å²) in [6.45, 7) is 0. The average molecular weight is 291 g/mol. The summed E-state index contributed by atoms with van der Waals surface area (Å²) in [7, 11) is 0. The fraction of sp³-hybridized carbons (Fsp3) is 0. The van der Waals surface area contributed by atoms with Crippen molar-refractivity contribution in [3.8, 4) is 0 Å². The van der Waals surface area contributed by atoms with E-state index in [9.17, 15) is 0 Å².